The minimum absolute atomic E-state index is 0. The van der Waals surface area contributed by atoms with Gasteiger partial charge < -0.3 is 29.8 Å². The third-order valence-corrected chi connectivity index (χ3v) is 6.40. The quantitative estimate of drug-likeness (QED) is 0.263. The lowest BCUT2D eigenvalue weighted by Crippen LogP contribution is -2.47. The minimum Gasteiger partial charge on any atom is -0.496 e. The van der Waals surface area contributed by atoms with Gasteiger partial charge in [-0.3, -0.25) is 9.59 Å². The molecule has 1 unspecified atom stereocenters. The number of aromatic amines is 1. The summed E-state index contributed by atoms with van der Waals surface area (Å²) in [7, 11) is 1.60. The molecule has 3 N–H and O–H groups in total. The monoisotopic (exact) mass is 517 g/mol. The summed E-state index contributed by atoms with van der Waals surface area (Å²) in [5.41, 5.74) is 3.64. The maximum absolute atomic E-state index is 13.0. The highest BCUT2D eigenvalue weighted by Gasteiger charge is 2.22. The predicted molar refractivity (Wildman–Crippen MR) is 148 cm³/mol. The fourth-order valence-electron chi connectivity index (χ4n) is 4.49. The molecular weight excluding hydrogens is 482 g/mol. The highest BCUT2D eigenvalue weighted by Crippen LogP contribution is 2.22. The number of methoxy groups -OCH3 is 1. The number of aliphatic hydroxyl groups is 1. The minimum atomic E-state index is -0.368. The Labute approximate surface area is 223 Å². The molecule has 3 aromatic carbocycles. The van der Waals surface area contributed by atoms with Gasteiger partial charge in [-0.15, -0.1) is 0 Å². The molecule has 1 aromatic heterocycles. The molecule has 0 aliphatic heterocycles. The number of aromatic nitrogens is 1. The number of benzene rings is 3. The van der Waals surface area contributed by atoms with Crippen molar-refractivity contribution in [3.8, 4) is 11.5 Å². The summed E-state index contributed by atoms with van der Waals surface area (Å²) < 4.78 is 11.1. The summed E-state index contributed by atoms with van der Waals surface area (Å²) >= 11 is 0. The Balaban J connectivity index is 0.00000420. The zero-order valence-corrected chi connectivity index (χ0v) is 21.6. The number of hydrogen-bond acceptors (Lipinski definition) is 5. The van der Waals surface area contributed by atoms with Crippen molar-refractivity contribution in [2.24, 2.45) is 0 Å². The summed E-state index contributed by atoms with van der Waals surface area (Å²) in [4.78, 5) is 30.6. The topological polar surface area (TPSA) is 104 Å². The van der Waals surface area contributed by atoms with Gasteiger partial charge in [-0.05, 0) is 41.8 Å². The van der Waals surface area contributed by atoms with Gasteiger partial charge in [0.1, 0.15) is 11.5 Å². The summed E-state index contributed by atoms with van der Waals surface area (Å²) in [6, 6.07) is 22.2. The fourth-order valence-corrected chi connectivity index (χ4v) is 4.49. The van der Waals surface area contributed by atoms with Crippen molar-refractivity contribution in [1.82, 2.24) is 15.2 Å². The molecule has 0 spiro atoms. The summed E-state index contributed by atoms with van der Waals surface area (Å²) in [6.45, 7) is 1.88. The second-order valence-electron chi connectivity index (χ2n) is 9.13. The maximum atomic E-state index is 13.0. The number of nitrogens with one attached hydrogen (secondary N) is 2. The predicted octanol–water partition coefficient (Wildman–Crippen LogP) is 4.07. The molecule has 8 nitrogen and oxygen atoms in total. The first-order valence-electron chi connectivity index (χ1n) is 12.5. The highest BCUT2D eigenvalue weighted by atomic mass is 16.5. The fraction of sp³-hybridized carbons (Fsp3) is 0.267. The molecule has 4 aromatic rings. The van der Waals surface area contributed by atoms with Crippen LogP contribution in [0.3, 0.4) is 0 Å². The van der Waals surface area contributed by atoms with Gasteiger partial charge in [0.25, 0.3) is 5.91 Å². The van der Waals surface area contributed by atoms with Gasteiger partial charge >= 0.3 is 0 Å². The van der Waals surface area contributed by atoms with Crippen LogP contribution in [0.5, 0.6) is 11.5 Å². The number of para-hydroxylation sites is 2. The second kappa shape index (κ2) is 12.8. The van der Waals surface area contributed by atoms with Crippen molar-refractivity contribution in [2.45, 2.75) is 32.5 Å². The molecule has 0 bridgehead atoms. The van der Waals surface area contributed by atoms with Crippen LogP contribution in [0.4, 0.5) is 0 Å². The summed E-state index contributed by atoms with van der Waals surface area (Å²) in [5.74, 6) is 0.798. The molecule has 0 aliphatic rings. The van der Waals surface area contributed by atoms with Gasteiger partial charge in [0.2, 0.25) is 5.91 Å². The van der Waals surface area contributed by atoms with E-state index in [9.17, 15) is 14.7 Å². The standard InChI is InChI=1S/C30H33N3O5.H2/c1-21(35)33(17-23-9-3-6-13-29(23)37-2)18-25(15-24-16-31-28-12-5-4-11-27(24)28)32-30(36)20-38-26-10-7-8-22(14-26)19-34;/h3-14,16,25,31,34H,15,17-20H2,1-2H3,(H,32,36);1H. The molecule has 0 aliphatic carbocycles. The van der Waals surface area contributed by atoms with Gasteiger partial charge in [0.05, 0.1) is 19.8 Å². The molecule has 0 saturated heterocycles. The average molecular weight is 518 g/mol. The molecule has 2 amide bonds. The molecule has 1 atom stereocenters. The SMILES string of the molecule is COc1ccccc1CN(CC(Cc1c[nH]c2ccccc12)NC(=O)COc1cccc(CO)c1)C(C)=O.[HH]. The first-order chi connectivity index (χ1) is 18.5. The van der Waals surface area contributed by atoms with E-state index in [1.54, 1.807) is 36.3 Å². The number of carbonyl (C=O) groups excluding carboxylic acids is 2. The Hall–Kier alpha value is -4.30. The Morgan fingerprint density at radius 1 is 1.05 bits per heavy atom. The van der Waals surface area contributed by atoms with Gasteiger partial charge in [-0.2, -0.15) is 0 Å². The van der Waals surface area contributed by atoms with E-state index in [-0.39, 0.29) is 32.5 Å². The Morgan fingerprint density at radius 3 is 2.63 bits per heavy atom. The van der Waals surface area contributed by atoms with Crippen LogP contribution in [-0.2, 0) is 29.2 Å². The van der Waals surface area contributed by atoms with Crippen molar-refractivity contribution in [2.75, 3.05) is 20.3 Å². The third-order valence-electron chi connectivity index (χ3n) is 6.40. The highest BCUT2D eigenvalue weighted by molar-refractivity contribution is 5.83. The Kier molecular flexibility index (Phi) is 9.00. The van der Waals surface area contributed by atoms with Crippen molar-refractivity contribution < 1.29 is 25.6 Å². The third kappa shape index (κ3) is 6.92. The van der Waals surface area contributed by atoms with Crippen LogP contribution in [0.1, 0.15) is 25.0 Å². The van der Waals surface area contributed by atoms with E-state index in [1.807, 2.05) is 54.7 Å². The van der Waals surface area contributed by atoms with Crippen LogP contribution in [0.2, 0.25) is 0 Å². The number of fused-ring (bicyclic) bond motifs is 1. The maximum Gasteiger partial charge on any atom is 0.258 e. The van der Waals surface area contributed by atoms with E-state index in [1.165, 1.54) is 6.92 Å². The van der Waals surface area contributed by atoms with Crippen molar-refractivity contribution in [3.05, 3.63) is 95.7 Å². The van der Waals surface area contributed by atoms with Gasteiger partial charge in [0, 0.05) is 44.1 Å². The first kappa shape index (κ1) is 26.8. The molecule has 8 heteroatoms. The van der Waals surface area contributed by atoms with Crippen LogP contribution >= 0.6 is 0 Å². The van der Waals surface area contributed by atoms with Gasteiger partial charge in [-0.25, -0.2) is 0 Å². The number of rotatable bonds is 12. The molecular formula is C30H35N3O5. The zero-order chi connectivity index (χ0) is 26.9. The van der Waals surface area contributed by atoms with Crippen LogP contribution in [0.15, 0.2) is 79.0 Å². The van der Waals surface area contributed by atoms with Gasteiger partial charge in [0.15, 0.2) is 6.61 Å². The number of carbonyl (C=O) groups is 2. The number of nitrogens with zero attached hydrogens (tertiary/aromatic N) is 1. The second-order valence-corrected chi connectivity index (χ2v) is 9.13. The molecule has 4 rings (SSSR count). The Bertz CT molecular complexity index is 1390. The number of hydrogen-bond donors (Lipinski definition) is 3. The van der Waals surface area contributed by atoms with E-state index in [4.69, 9.17) is 9.47 Å². The summed E-state index contributed by atoms with van der Waals surface area (Å²) in [6.07, 6.45) is 2.46. The average Bonchev–Trinajstić information content (AvgIpc) is 3.34. The van der Waals surface area contributed by atoms with E-state index in [2.05, 4.69) is 10.3 Å². The molecule has 0 fully saturated rings. The van der Waals surface area contributed by atoms with E-state index in [0.717, 1.165) is 22.0 Å². The van der Waals surface area contributed by atoms with E-state index >= 15 is 0 Å². The molecule has 38 heavy (non-hydrogen) atoms. The Morgan fingerprint density at radius 2 is 1.84 bits per heavy atom. The lowest BCUT2D eigenvalue weighted by Gasteiger charge is -2.28. The van der Waals surface area contributed by atoms with Crippen LogP contribution in [-0.4, -0.2) is 53.1 Å². The largest absolute Gasteiger partial charge is 0.496 e. The van der Waals surface area contributed by atoms with Crippen molar-refractivity contribution >= 4 is 22.7 Å². The normalized spacial score (nSPS) is 11.7. The molecule has 0 radical (unpaired) electrons. The number of amides is 2. The van der Waals surface area contributed by atoms with Gasteiger partial charge in [-0.1, -0.05) is 48.5 Å². The molecule has 200 valence electrons. The van der Waals surface area contributed by atoms with Crippen LogP contribution < -0.4 is 14.8 Å². The number of aliphatic hydroxyl groups excluding tert-OH is 1. The van der Waals surface area contributed by atoms with Crippen LogP contribution in [0.25, 0.3) is 10.9 Å². The zero-order valence-electron chi connectivity index (χ0n) is 21.6. The van der Waals surface area contributed by atoms with Crippen molar-refractivity contribution in [1.29, 1.82) is 0 Å². The molecule has 0 saturated carbocycles. The lowest BCUT2D eigenvalue weighted by molar-refractivity contribution is -0.131. The lowest BCUT2D eigenvalue weighted by atomic mass is 10.0. The van der Waals surface area contributed by atoms with E-state index < -0.39 is 0 Å². The number of ether oxygens (including phenoxy) is 2. The first-order valence-corrected chi connectivity index (χ1v) is 12.5. The van der Waals surface area contributed by atoms with E-state index in [0.29, 0.717) is 36.6 Å². The van der Waals surface area contributed by atoms with Crippen LogP contribution in [0, 0.1) is 0 Å². The summed E-state index contributed by atoms with van der Waals surface area (Å²) in [5, 5.41) is 13.5. The number of H-pyrrole nitrogens is 1. The van der Waals surface area contributed by atoms with Crippen molar-refractivity contribution in [3.63, 3.8) is 0 Å². The molecule has 1 heterocycles. The smallest absolute Gasteiger partial charge is 0.258 e.